The fourth-order valence-corrected chi connectivity index (χ4v) is 2.86. The molecule has 0 radical (unpaired) electrons. The largest absolute Gasteiger partial charge is 0.497 e. The van der Waals surface area contributed by atoms with Crippen LogP contribution < -0.4 is 20.1 Å². The summed E-state index contributed by atoms with van der Waals surface area (Å²) >= 11 is 0. The Morgan fingerprint density at radius 1 is 0.931 bits per heavy atom. The van der Waals surface area contributed by atoms with E-state index in [1.54, 1.807) is 49.6 Å². The van der Waals surface area contributed by atoms with Gasteiger partial charge >= 0.3 is 0 Å². The number of carbonyl (C=O) groups excluding carboxylic acids is 2. The number of nitrogens with zero attached hydrogens (tertiary/aromatic N) is 1. The van der Waals surface area contributed by atoms with Crippen LogP contribution >= 0.6 is 0 Å². The van der Waals surface area contributed by atoms with E-state index in [1.165, 1.54) is 7.11 Å². The molecule has 0 unspecified atom stereocenters. The first-order valence-electron chi connectivity index (χ1n) is 9.66. The Morgan fingerprint density at radius 3 is 2.21 bits per heavy atom. The van der Waals surface area contributed by atoms with Crippen molar-refractivity contribution < 1.29 is 19.1 Å². The highest BCUT2D eigenvalue weighted by Gasteiger charge is 2.14. The van der Waals surface area contributed by atoms with Crippen LogP contribution in [-0.2, 0) is 0 Å². The van der Waals surface area contributed by atoms with Crippen molar-refractivity contribution in [2.45, 2.75) is 13.8 Å². The van der Waals surface area contributed by atoms with Gasteiger partial charge in [0.2, 0.25) is 0 Å². The third kappa shape index (κ3) is 6.22. The zero-order chi connectivity index (χ0) is 21.2. The van der Waals surface area contributed by atoms with Crippen molar-refractivity contribution in [3.05, 3.63) is 53.6 Å². The highest BCUT2D eigenvalue weighted by molar-refractivity contribution is 6.05. The topological polar surface area (TPSA) is 79.9 Å². The minimum atomic E-state index is -0.258. The maximum absolute atomic E-state index is 12.5. The van der Waals surface area contributed by atoms with E-state index >= 15 is 0 Å². The summed E-state index contributed by atoms with van der Waals surface area (Å²) in [6, 6.07) is 11.8. The number of rotatable bonds is 10. The Kier molecular flexibility index (Phi) is 8.48. The number of hydrogen-bond acceptors (Lipinski definition) is 5. The van der Waals surface area contributed by atoms with Crippen molar-refractivity contribution in [2.75, 3.05) is 45.7 Å². The molecule has 0 saturated carbocycles. The van der Waals surface area contributed by atoms with Gasteiger partial charge in [0.25, 0.3) is 11.8 Å². The summed E-state index contributed by atoms with van der Waals surface area (Å²) in [7, 11) is 3.07. The van der Waals surface area contributed by atoms with Crippen molar-refractivity contribution in [1.82, 2.24) is 10.2 Å². The Bertz CT molecular complexity index is 817. The normalized spacial score (nSPS) is 10.5. The molecule has 0 aliphatic rings. The van der Waals surface area contributed by atoms with E-state index in [-0.39, 0.29) is 11.8 Å². The van der Waals surface area contributed by atoms with Gasteiger partial charge in [-0.15, -0.1) is 0 Å². The third-order valence-corrected chi connectivity index (χ3v) is 4.66. The summed E-state index contributed by atoms with van der Waals surface area (Å²) in [6.07, 6.45) is 0. The highest BCUT2D eigenvalue weighted by atomic mass is 16.5. The van der Waals surface area contributed by atoms with Crippen molar-refractivity contribution in [2.24, 2.45) is 0 Å². The van der Waals surface area contributed by atoms with Gasteiger partial charge in [-0.25, -0.2) is 0 Å². The van der Waals surface area contributed by atoms with E-state index in [9.17, 15) is 9.59 Å². The van der Waals surface area contributed by atoms with Gasteiger partial charge in [-0.1, -0.05) is 13.8 Å². The second-order valence-electron chi connectivity index (χ2n) is 6.38. The fourth-order valence-electron chi connectivity index (χ4n) is 2.86. The zero-order valence-electron chi connectivity index (χ0n) is 17.5. The van der Waals surface area contributed by atoms with Crippen LogP contribution in [-0.4, -0.2) is 57.1 Å². The van der Waals surface area contributed by atoms with E-state index in [1.807, 2.05) is 0 Å². The molecule has 0 heterocycles. The van der Waals surface area contributed by atoms with Gasteiger partial charge in [0.05, 0.1) is 19.8 Å². The predicted molar refractivity (Wildman–Crippen MR) is 114 cm³/mol. The molecule has 29 heavy (non-hydrogen) atoms. The lowest BCUT2D eigenvalue weighted by molar-refractivity contribution is 0.0945. The average Bonchev–Trinajstić information content (AvgIpc) is 2.76. The molecule has 0 atom stereocenters. The molecule has 2 aromatic carbocycles. The van der Waals surface area contributed by atoms with Crippen molar-refractivity contribution >= 4 is 17.5 Å². The van der Waals surface area contributed by atoms with Gasteiger partial charge in [-0.2, -0.15) is 0 Å². The number of nitrogens with one attached hydrogen (secondary N) is 2. The number of likely N-dealkylation sites (N-methyl/N-ethyl adjacent to an activating group) is 1. The van der Waals surface area contributed by atoms with Crippen molar-refractivity contribution in [1.29, 1.82) is 0 Å². The maximum Gasteiger partial charge on any atom is 0.255 e. The van der Waals surface area contributed by atoms with Crippen LogP contribution in [0.2, 0.25) is 0 Å². The molecule has 2 rings (SSSR count). The minimum absolute atomic E-state index is 0.206. The van der Waals surface area contributed by atoms with E-state index in [4.69, 9.17) is 9.47 Å². The van der Waals surface area contributed by atoms with Crippen LogP contribution in [0.5, 0.6) is 11.5 Å². The number of carbonyl (C=O) groups is 2. The first-order chi connectivity index (χ1) is 14.0. The van der Waals surface area contributed by atoms with Crippen LogP contribution in [0.1, 0.15) is 34.6 Å². The molecule has 7 nitrogen and oxygen atoms in total. The Morgan fingerprint density at radius 2 is 1.62 bits per heavy atom. The molecule has 2 N–H and O–H groups in total. The number of anilines is 1. The van der Waals surface area contributed by atoms with Gasteiger partial charge in [0.15, 0.2) is 0 Å². The monoisotopic (exact) mass is 399 g/mol. The third-order valence-electron chi connectivity index (χ3n) is 4.66. The number of amides is 2. The quantitative estimate of drug-likeness (QED) is 0.642. The SMILES string of the molecule is CCN(CC)CCNC(=O)c1ccc(NC(=O)c2ccc(OC)cc2)cc1OC. The molecular weight excluding hydrogens is 370 g/mol. The number of benzene rings is 2. The summed E-state index contributed by atoms with van der Waals surface area (Å²) in [6.45, 7) is 7.41. The molecule has 0 fully saturated rings. The molecule has 7 heteroatoms. The van der Waals surface area contributed by atoms with E-state index in [0.717, 1.165) is 19.6 Å². The Labute approximate surface area is 172 Å². The van der Waals surface area contributed by atoms with Gasteiger partial charge < -0.3 is 25.0 Å². The fraction of sp³-hybridized carbons (Fsp3) is 0.364. The lowest BCUT2D eigenvalue weighted by Gasteiger charge is -2.18. The van der Waals surface area contributed by atoms with Gasteiger partial charge in [0, 0.05) is 30.4 Å². The lowest BCUT2D eigenvalue weighted by Crippen LogP contribution is -2.34. The van der Waals surface area contributed by atoms with E-state index in [0.29, 0.717) is 34.9 Å². The molecule has 0 aliphatic heterocycles. The number of ether oxygens (including phenoxy) is 2. The van der Waals surface area contributed by atoms with Gasteiger partial charge in [-0.05, 0) is 49.5 Å². The summed E-state index contributed by atoms with van der Waals surface area (Å²) in [5.41, 5.74) is 1.47. The van der Waals surface area contributed by atoms with E-state index < -0.39 is 0 Å². The van der Waals surface area contributed by atoms with Crippen molar-refractivity contribution in [3.8, 4) is 11.5 Å². The van der Waals surface area contributed by atoms with Crippen LogP contribution in [0.25, 0.3) is 0 Å². The second kappa shape index (κ2) is 11.1. The Balaban J connectivity index is 2.03. The van der Waals surface area contributed by atoms with Crippen LogP contribution in [0, 0.1) is 0 Å². The second-order valence-corrected chi connectivity index (χ2v) is 6.38. The zero-order valence-corrected chi connectivity index (χ0v) is 17.5. The Hall–Kier alpha value is -3.06. The number of methoxy groups -OCH3 is 2. The summed E-state index contributed by atoms with van der Waals surface area (Å²) in [5, 5.41) is 5.72. The first kappa shape index (κ1) is 22.2. The maximum atomic E-state index is 12.5. The molecule has 0 aliphatic carbocycles. The van der Waals surface area contributed by atoms with Crippen LogP contribution in [0.3, 0.4) is 0 Å². The van der Waals surface area contributed by atoms with Gasteiger partial charge in [-0.3, -0.25) is 9.59 Å². The predicted octanol–water partition coefficient (Wildman–Crippen LogP) is 3.03. The van der Waals surface area contributed by atoms with Crippen LogP contribution in [0.4, 0.5) is 5.69 Å². The molecule has 2 aromatic rings. The smallest absolute Gasteiger partial charge is 0.255 e. The highest BCUT2D eigenvalue weighted by Crippen LogP contribution is 2.24. The summed E-state index contributed by atoms with van der Waals surface area (Å²) in [5.74, 6) is 0.616. The number of hydrogen-bond donors (Lipinski definition) is 2. The minimum Gasteiger partial charge on any atom is -0.497 e. The summed E-state index contributed by atoms with van der Waals surface area (Å²) in [4.78, 5) is 27.1. The molecule has 2 amide bonds. The van der Waals surface area contributed by atoms with Gasteiger partial charge in [0.1, 0.15) is 11.5 Å². The molecule has 0 aromatic heterocycles. The lowest BCUT2D eigenvalue weighted by atomic mass is 10.1. The molecule has 0 saturated heterocycles. The first-order valence-corrected chi connectivity index (χ1v) is 9.66. The van der Waals surface area contributed by atoms with E-state index in [2.05, 4.69) is 29.4 Å². The standard InChI is InChI=1S/C22H29N3O4/c1-5-25(6-2)14-13-23-22(27)19-12-9-17(15-20(19)29-4)24-21(26)16-7-10-18(28-3)11-8-16/h7-12,15H,5-6,13-14H2,1-4H3,(H,23,27)(H,24,26). The molecule has 156 valence electrons. The van der Waals surface area contributed by atoms with Crippen molar-refractivity contribution in [3.63, 3.8) is 0 Å². The molecular formula is C22H29N3O4. The molecule has 0 spiro atoms. The average molecular weight is 399 g/mol. The van der Waals surface area contributed by atoms with Crippen LogP contribution in [0.15, 0.2) is 42.5 Å². The molecule has 0 bridgehead atoms. The summed E-state index contributed by atoms with van der Waals surface area (Å²) < 4.78 is 10.5.